The first kappa shape index (κ1) is 15.0. The molecule has 1 aliphatic rings. The van der Waals surface area contributed by atoms with Gasteiger partial charge >= 0.3 is 0 Å². The minimum atomic E-state index is 0.406. The predicted octanol–water partition coefficient (Wildman–Crippen LogP) is 5.83. The van der Waals surface area contributed by atoms with Crippen molar-refractivity contribution in [2.24, 2.45) is 5.92 Å². The van der Waals surface area contributed by atoms with Crippen molar-refractivity contribution in [3.63, 3.8) is 0 Å². The monoisotopic (exact) mass is 314 g/mol. The maximum Gasteiger partial charge on any atom is 0.118 e. The van der Waals surface area contributed by atoms with Crippen molar-refractivity contribution in [3.8, 4) is 28.0 Å². The van der Waals surface area contributed by atoms with Crippen LogP contribution in [0.15, 0.2) is 60.7 Å². The molecule has 3 aromatic carbocycles. The number of fused-ring (bicyclic) bond motifs is 3. The summed E-state index contributed by atoms with van der Waals surface area (Å²) in [6.07, 6.45) is 1.89. The van der Waals surface area contributed by atoms with E-state index in [1.54, 1.807) is 0 Å². The van der Waals surface area contributed by atoms with Gasteiger partial charge in [-0.3, -0.25) is 0 Å². The number of hydrogen-bond acceptors (Lipinski definition) is 1. The van der Waals surface area contributed by atoms with Gasteiger partial charge in [0.05, 0.1) is 0 Å². The molecule has 0 atom stereocenters. The average molecular weight is 314 g/mol. The Hall–Kier alpha value is -2.54. The second kappa shape index (κ2) is 5.83. The van der Waals surface area contributed by atoms with Gasteiger partial charge in [-0.1, -0.05) is 62.4 Å². The van der Waals surface area contributed by atoms with Crippen LogP contribution in [0.1, 0.15) is 30.5 Å². The lowest BCUT2D eigenvalue weighted by Gasteiger charge is -2.13. The lowest BCUT2D eigenvalue weighted by Crippen LogP contribution is -1.96. The molecule has 1 aliphatic carbocycles. The fraction of sp³-hybridized carbons (Fsp3) is 0.217. The summed E-state index contributed by atoms with van der Waals surface area (Å²) in [6.45, 7) is 4.37. The zero-order chi connectivity index (χ0) is 16.7. The SMILES string of the molecule is CC(C)Cc1cc(-c2cccc3c2Cc2ccccc2-3)ccc1O. The first-order valence-corrected chi connectivity index (χ1v) is 8.66. The van der Waals surface area contributed by atoms with E-state index in [4.69, 9.17) is 0 Å². The fourth-order valence-electron chi connectivity index (χ4n) is 3.78. The minimum absolute atomic E-state index is 0.406. The van der Waals surface area contributed by atoms with Crippen LogP contribution in [-0.4, -0.2) is 5.11 Å². The Bertz CT molecular complexity index is 906. The van der Waals surface area contributed by atoms with Crippen LogP contribution in [0.2, 0.25) is 0 Å². The molecule has 0 aromatic heterocycles. The Balaban J connectivity index is 1.82. The summed E-state index contributed by atoms with van der Waals surface area (Å²) in [5.74, 6) is 0.931. The van der Waals surface area contributed by atoms with Crippen molar-refractivity contribution in [2.45, 2.75) is 26.7 Å². The highest BCUT2D eigenvalue weighted by molar-refractivity contribution is 5.85. The van der Waals surface area contributed by atoms with E-state index in [0.717, 1.165) is 18.4 Å². The van der Waals surface area contributed by atoms with Crippen LogP contribution in [0.3, 0.4) is 0 Å². The molecule has 1 N–H and O–H groups in total. The van der Waals surface area contributed by atoms with Crippen molar-refractivity contribution in [3.05, 3.63) is 77.4 Å². The van der Waals surface area contributed by atoms with Gasteiger partial charge in [0.15, 0.2) is 0 Å². The molecule has 1 heteroatoms. The lowest BCUT2D eigenvalue weighted by molar-refractivity contribution is 0.462. The Morgan fingerprint density at radius 1 is 0.875 bits per heavy atom. The summed E-state index contributed by atoms with van der Waals surface area (Å²) in [6, 6.07) is 21.3. The highest BCUT2D eigenvalue weighted by atomic mass is 16.3. The number of phenolic OH excluding ortho intramolecular Hbond substituents is 1. The van der Waals surface area contributed by atoms with Gasteiger partial charge in [0.2, 0.25) is 0 Å². The minimum Gasteiger partial charge on any atom is -0.508 e. The van der Waals surface area contributed by atoms with E-state index in [2.05, 4.69) is 62.4 Å². The van der Waals surface area contributed by atoms with Crippen molar-refractivity contribution in [1.82, 2.24) is 0 Å². The Kier molecular flexibility index (Phi) is 3.65. The van der Waals surface area contributed by atoms with Crippen molar-refractivity contribution in [2.75, 3.05) is 0 Å². The van der Waals surface area contributed by atoms with Gasteiger partial charge in [0.1, 0.15) is 5.75 Å². The Morgan fingerprint density at radius 2 is 1.62 bits per heavy atom. The molecule has 0 unspecified atom stereocenters. The number of hydrogen-bond donors (Lipinski definition) is 1. The molecule has 0 bridgehead atoms. The maximum atomic E-state index is 10.2. The Labute approximate surface area is 143 Å². The highest BCUT2D eigenvalue weighted by Gasteiger charge is 2.21. The standard InChI is InChI=1S/C23H22O/c1-15(2)12-18-13-17(10-11-23(18)24)20-8-5-9-21-19-7-4-3-6-16(19)14-22(20)21/h3-11,13,15,24H,12,14H2,1-2H3. The summed E-state index contributed by atoms with van der Waals surface area (Å²) in [5.41, 5.74) is 9.04. The summed E-state index contributed by atoms with van der Waals surface area (Å²) in [7, 11) is 0. The van der Waals surface area contributed by atoms with Gasteiger partial charge in [-0.05, 0) is 69.8 Å². The molecule has 0 saturated heterocycles. The van der Waals surface area contributed by atoms with Crippen molar-refractivity contribution < 1.29 is 5.11 Å². The summed E-state index contributed by atoms with van der Waals surface area (Å²) in [5, 5.41) is 10.2. The van der Waals surface area contributed by atoms with E-state index in [-0.39, 0.29) is 0 Å². The van der Waals surface area contributed by atoms with E-state index in [1.165, 1.54) is 33.4 Å². The third-order valence-corrected chi connectivity index (χ3v) is 4.87. The third-order valence-electron chi connectivity index (χ3n) is 4.87. The quantitative estimate of drug-likeness (QED) is 0.504. The predicted molar refractivity (Wildman–Crippen MR) is 100 cm³/mol. The average Bonchev–Trinajstić information content (AvgIpc) is 2.95. The first-order chi connectivity index (χ1) is 11.6. The molecule has 0 saturated carbocycles. The molecular formula is C23H22O. The summed E-state index contributed by atoms with van der Waals surface area (Å²) >= 11 is 0. The maximum absolute atomic E-state index is 10.2. The van der Waals surface area contributed by atoms with Gasteiger partial charge in [0.25, 0.3) is 0 Å². The number of aromatic hydroxyl groups is 1. The van der Waals surface area contributed by atoms with Crippen molar-refractivity contribution >= 4 is 0 Å². The highest BCUT2D eigenvalue weighted by Crippen LogP contribution is 2.42. The van der Waals surface area contributed by atoms with Gasteiger partial charge in [-0.15, -0.1) is 0 Å². The van der Waals surface area contributed by atoms with Gasteiger partial charge in [-0.2, -0.15) is 0 Å². The Morgan fingerprint density at radius 3 is 2.46 bits per heavy atom. The molecule has 24 heavy (non-hydrogen) atoms. The second-order valence-electron chi connectivity index (χ2n) is 7.11. The van der Waals surface area contributed by atoms with E-state index in [0.29, 0.717) is 11.7 Å². The van der Waals surface area contributed by atoms with E-state index in [9.17, 15) is 5.11 Å². The second-order valence-corrected chi connectivity index (χ2v) is 7.11. The molecule has 0 radical (unpaired) electrons. The molecule has 120 valence electrons. The van der Waals surface area contributed by atoms with E-state index < -0.39 is 0 Å². The summed E-state index contributed by atoms with van der Waals surface area (Å²) < 4.78 is 0. The van der Waals surface area contributed by atoms with Crippen LogP contribution in [0, 0.1) is 5.92 Å². The van der Waals surface area contributed by atoms with Crippen LogP contribution in [0.25, 0.3) is 22.3 Å². The van der Waals surface area contributed by atoms with Gasteiger partial charge in [0, 0.05) is 0 Å². The van der Waals surface area contributed by atoms with Crippen molar-refractivity contribution in [1.29, 1.82) is 0 Å². The third kappa shape index (κ3) is 2.50. The molecule has 0 heterocycles. The van der Waals surface area contributed by atoms with Crippen LogP contribution >= 0.6 is 0 Å². The molecule has 0 aliphatic heterocycles. The van der Waals surface area contributed by atoms with Crippen LogP contribution in [-0.2, 0) is 12.8 Å². The van der Waals surface area contributed by atoms with Gasteiger partial charge in [-0.25, -0.2) is 0 Å². The first-order valence-electron chi connectivity index (χ1n) is 8.66. The number of benzene rings is 3. The molecule has 0 spiro atoms. The lowest BCUT2D eigenvalue weighted by atomic mass is 9.92. The number of rotatable bonds is 3. The fourth-order valence-corrected chi connectivity index (χ4v) is 3.78. The molecule has 1 nitrogen and oxygen atoms in total. The molecular weight excluding hydrogens is 292 g/mol. The molecule has 4 rings (SSSR count). The largest absolute Gasteiger partial charge is 0.508 e. The molecule has 0 fully saturated rings. The van der Waals surface area contributed by atoms with Gasteiger partial charge < -0.3 is 5.11 Å². The van der Waals surface area contributed by atoms with E-state index in [1.807, 2.05) is 12.1 Å². The van der Waals surface area contributed by atoms with Crippen LogP contribution in [0.4, 0.5) is 0 Å². The van der Waals surface area contributed by atoms with Crippen LogP contribution < -0.4 is 0 Å². The van der Waals surface area contributed by atoms with E-state index >= 15 is 0 Å². The normalized spacial score (nSPS) is 12.3. The summed E-state index contributed by atoms with van der Waals surface area (Å²) in [4.78, 5) is 0. The topological polar surface area (TPSA) is 20.2 Å². The zero-order valence-corrected chi connectivity index (χ0v) is 14.2. The molecule has 0 amide bonds. The zero-order valence-electron chi connectivity index (χ0n) is 14.2. The number of phenols is 1. The molecule has 3 aromatic rings. The smallest absolute Gasteiger partial charge is 0.118 e. The van der Waals surface area contributed by atoms with Crippen LogP contribution in [0.5, 0.6) is 5.75 Å².